The lowest BCUT2D eigenvalue weighted by molar-refractivity contribution is -0.137. The summed E-state index contributed by atoms with van der Waals surface area (Å²) in [6.07, 6.45) is -4.97. The van der Waals surface area contributed by atoms with E-state index < -0.39 is 41.0 Å². The van der Waals surface area contributed by atoms with E-state index in [2.05, 4.69) is 0 Å². The van der Waals surface area contributed by atoms with Crippen molar-refractivity contribution in [2.75, 3.05) is 0 Å². The lowest BCUT2D eigenvalue weighted by Gasteiger charge is -2.17. The highest BCUT2D eigenvalue weighted by atomic mass is 35.5. The van der Waals surface area contributed by atoms with Crippen molar-refractivity contribution < 1.29 is 22.0 Å². The maximum absolute atomic E-state index is 14.3. The van der Waals surface area contributed by atoms with E-state index >= 15 is 0 Å². The molecule has 0 bridgehead atoms. The van der Waals surface area contributed by atoms with Gasteiger partial charge in [0.25, 0.3) is 5.56 Å². The number of halogens is 6. The molecule has 178 valence electrons. The van der Waals surface area contributed by atoms with E-state index in [1.165, 1.54) is 12.1 Å². The Balaban J connectivity index is 1.93. The summed E-state index contributed by atoms with van der Waals surface area (Å²) in [6, 6.07) is 13.2. The van der Waals surface area contributed by atoms with Gasteiger partial charge in [0, 0.05) is 21.5 Å². The summed E-state index contributed by atoms with van der Waals surface area (Å²) in [5.41, 5.74) is -2.42. The second-order valence-electron chi connectivity index (χ2n) is 7.68. The molecule has 0 atom stereocenters. The number of rotatable bonds is 4. The summed E-state index contributed by atoms with van der Waals surface area (Å²) >= 11 is 7.30. The van der Waals surface area contributed by atoms with Gasteiger partial charge in [-0.05, 0) is 48.4 Å². The Kier molecular flexibility index (Phi) is 6.54. The summed E-state index contributed by atoms with van der Waals surface area (Å²) in [6.45, 7) is 1.32. The monoisotopic (exact) mass is 520 g/mol. The van der Waals surface area contributed by atoms with Crippen LogP contribution in [-0.4, -0.2) is 4.57 Å². The lowest BCUT2D eigenvalue weighted by atomic mass is 10.1. The molecule has 0 saturated carbocycles. The Bertz CT molecular complexity index is 1550. The molecule has 2 heterocycles. The highest BCUT2D eigenvalue weighted by Crippen LogP contribution is 2.39. The first-order valence-electron chi connectivity index (χ1n) is 10.1. The van der Waals surface area contributed by atoms with E-state index in [0.29, 0.717) is 22.0 Å². The van der Waals surface area contributed by atoms with Crippen molar-refractivity contribution in [2.24, 2.45) is 0 Å². The van der Waals surface area contributed by atoms with Crippen LogP contribution in [-0.2, 0) is 12.7 Å². The zero-order chi connectivity index (χ0) is 25.5. The van der Waals surface area contributed by atoms with Crippen LogP contribution in [0.3, 0.4) is 0 Å². The van der Waals surface area contributed by atoms with Crippen LogP contribution in [0.2, 0.25) is 5.02 Å². The standard InChI is InChI=1S/C25H14ClF5N2OS/c1-13-2-3-14(8-19(13)26)22-6-7-23(35-22)21-10-18(25(29,30)31)17(11-32)24(34)33(21)12-15-4-5-16(27)9-20(15)28/h2-10H,12H2,1H3. The van der Waals surface area contributed by atoms with Gasteiger partial charge in [0.15, 0.2) is 0 Å². The average Bonchev–Trinajstić information content (AvgIpc) is 3.27. The van der Waals surface area contributed by atoms with Gasteiger partial charge in [-0.15, -0.1) is 11.3 Å². The number of aryl methyl sites for hydroxylation is 1. The predicted octanol–water partition coefficient (Wildman–Crippen LogP) is 7.42. The summed E-state index contributed by atoms with van der Waals surface area (Å²) in [4.78, 5) is 14.0. The van der Waals surface area contributed by atoms with E-state index in [0.717, 1.165) is 39.2 Å². The molecule has 0 aliphatic heterocycles. The molecule has 0 aliphatic rings. The van der Waals surface area contributed by atoms with Crippen molar-refractivity contribution in [3.63, 3.8) is 0 Å². The SMILES string of the molecule is Cc1ccc(-c2ccc(-c3cc(C(F)(F)F)c(C#N)c(=O)n3Cc3ccc(F)cc3F)s2)cc1Cl. The summed E-state index contributed by atoms with van der Waals surface area (Å²) in [5, 5.41) is 9.82. The van der Waals surface area contributed by atoms with Crippen LogP contribution in [0.15, 0.2) is 59.4 Å². The van der Waals surface area contributed by atoms with Crippen LogP contribution in [0.25, 0.3) is 21.0 Å². The zero-order valence-electron chi connectivity index (χ0n) is 17.9. The van der Waals surface area contributed by atoms with Crippen LogP contribution in [0, 0.1) is 29.9 Å². The van der Waals surface area contributed by atoms with E-state index in [-0.39, 0.29) is 16.1 Å². The van der Waals surface area contributed by atoms with Crippen molar-refractivity contribution in [3.05, 3.63) is 104 Å². The van der Waals surface area contributed by atoms with Crippen LogP contribution in [0.4, 0.5) is 22.0 Å². The van der Waals surface area contributed by atoms with Gasteiger partial charge in [-0.3, -0.25) is 4.79 Å². The molecule has 0 amide bonds. The van der Waals surface area contributed by atoms with Gasteiger partial charge in [0.2, 0.25) is 0 Å². The fourth-order valence-electron chi connectivity index (χ4n) is 3.54. The third-order valence-electron chi connectivity index (χ3n) is 5.38. The van der Waals surface area contributed by atoms with Gasteiger partial charge in [0.1, 0.15) is 23.3 Å². The van der Waals surface area contributed by atoms with Crippen molar-refractivity contribution >= 4 is 22.9 Å². The van der Waals surface area contributed by atoms with Crippen LogP contribution in [0.1, 0.15) is 22.3 Å². The first-order chi connectivity index (χ1) is 16.5. The Hall–Kier alpha value is -3.48. The maximum Gasteiger partial charge on any atom is 0.417 e. The lowest BCUT2D eigenvalue weighted by Crippen LogP contribution is -2.28. The van der Waals surface area contributed by atoms with Gasteiger partial charge in [0.05, 0.1) is 22.7 Å². The fourth-order valence-corrected chi connectivity index (χ4v) is 4.74. The highest BCUT2D eigenvalue weighted by molar-refractivity contribution is 7.18. The molecule has 0 radical (unpaired) electrons. The minimum atomic E-state index is -4.97. The van der Waals surface area contributed by atoms with Gasteiger partial charge in [-0.25, -0.2) is 8.78 Å². The van der Waals surface area contributed by atoms with E-state index in [1.54, 1.807) is 24.3 Å². The molecule has 4 rings (SSSR count). The molecule has 0 spiro atoms. The van der Waals surface area contributed by atoms with Crippen molar-refractivity contribution in [2.45, 2.75) is 19.6 Å². The van der Waals surface area contributed by atoms with Gasteiger partial charge < -0.3 is 4.57 Å². The number of thiophene rings is 1. The molecule has 4 aromatic rings. The zero-order valence-corrected chi connectivity index (χ0v) is 19.5. The Morgan fingerprint density at radius 1 is 1.03 bits per heavy atom. The molecule has 2 aromatic heterocycles. The number of benzene rings is 2. The second-order valence-corrected chi connectivity index (χ2v) is 9.17. The average molecular weight is 521 g/mol. The van der Waals surface area contributed by atoms with Gasteiger partial charge in [-0.1, -0.05) is 29.8 Å². The first-order valence-corrected chi connectivity index (χ1v) is 11.2. The summed E-state index contributed by atoms with van der Waals surface area (Å²) in [5.74, 6) is -1.81. The molecule has 0 N–H and O–H groups in total. The number of nitriles is 1. The molecule has 35 heavy (non-hydrogen) atoms. The molecule has 0 unspecified atom stereocenters. The van der Waals surface area contributed by atoms with E-state index in [4.69, 9.17) is 11.6 Å². The Morgan fingerprint density at radius 2 is 1.74 bits per heavy atom. The van der Waals surface area contributed by atoms with E-state index in [1.807, 2.05) is 6.92 Å². The largest absolute Gasteiger partial charge is 0.417 e. The second kappa shape index (κ2) is 9.29. The molecule has 0 aliphatic carbocycles. The third-order valence-corrected chi connectivity index (χ3v) is 6.94. The van der Waals surface area contributed by atoms with Gasteiger partial charge >= 0.3 is 6.18 Å². The summed E-state index contributed by atoms with van der Waals surface area (Å²) in [7, 11) is 0. The molecule has 3 nitrogen and oxygen atoms in total. The first kappa shape index (κ1) is 24.6. The highest BCUT2D eigenvalue weighted by Gasteiger charge is 2.36. The number of pyridine rings is 1. The Morgan fingerprint density at radius 3 is 2.37 bits per heavy atom. The third kappa shape index (κ3) is 4.85. The number of aromatic nitrogens is 1. The minimum absolute atomic E-state index is 0.125. The van der Waals surface area contributed by atoms with Crippen LogP contribution >= 0.6 is 22.9 Å². The molecule has 0 saturated heterocycles. The molecule has 2 aromatic carbocycles. The molecule has 10 heteroatoms. The number of alkyl halides is 3. The van der Waals surface area contributed by atoms with Crippen molar-refractivity contribution in [3.8, 4) is 27.1 Å². The maximum atomic E-state index is 14.3. The fraction of sp³-hybridized carbons (Fsp3) is 0.120. The van der Waals surface area contributed by atoms with Crippen molar-refractivity contribution in [1.82, 2.24) is 4.57 Å². The van der Waals surface area contributed by atoms with E-state index in [9.17, 15) is 32.0 Å². The molecule has 0 fully saturated rings. The topological polar surface area (TPSA) is 45.8 Å². The molecular weight excluding hydrogens is 507 g/mol. The number of nitrogens with zero attached hydrogens (tertiary/aromatic N) is 2. The van der Waals surface area contributed by atoms with Gasteiger partial charge in [-0.2, -0.15) is 18.4 Å². The van der Waals surface area contributed by atoms with Crippen LogP contribution in [0.5, 0.6) is 0 Å². The normalized spacial score (nSPS) is 11.5. The quantitative estimate of drug-likeness (QED) is 0.263. The number of hydrogen-bond donors (Lipinski definition) is 0. The Labute approximate surface area is 205 Å². The smallest absolute Gasteiger partial charge is 0.302 e. The van der Waals surface area contributed by atoms with Crippen molar-refractivity contribution in [1.29, 1.82) is 5.26 Å². The summed E-state index contributed by atoms with van der Waals surface area (Å²) < 4.78 is 69.7. The molecular formula is C25H14ClF5N2OS. The predicted molar refractivity (Wildman–Crippen MR) is 124 cm³/mol. The minimum Gasteiger partial charge on any atom is -0.302 e. The number of hydrogen-bond acceptors (Lipinski definition) is 3. The van der Waals surface area contributed by atoms with Crippen LogP contribution < -0.4 is 5.56 Å².